The number of non-ortho nitro benzene ring substituents is 1. The van der Waals surface area contributed by atoms with E-state index in [9.17, 15) is 10.1 Å². The smallest absolute Gasteiger partial charge is 0.258 e. The highest BCUT2D eigenvalue weighted by Crippen LogP contribution is 2.25. The van der Waals surface area contributed by atoms with Gasteiger partial charge < -0.3 is 0 Å². The normalized spacial score (nSPS) is 11.4. The van der Waals surface area contributed by atoms with E-state index < -0.39 is 10.2 Å². The van der Waals surface area contributed by atoms with Gasteiger partial charge in [0, 0.05) is 25.1 Å². The predicted molar refractivity (Wildman–Crippen MR) is 68.9 cm³/mol. The lowest BCUT2D eigenvalue weighted by atomic mass is 10.3. The van der Waals surface area contributed by atoms with Crippen molar-refractivity contribution in [3.63, 3.8) is 0 Å². The molecule has 9 nitrogen and oxygen atoms in total. The van der Waals surface area contributed by atoms with Gasteiger partial charge in [0.25, 0.3) is 5.69 Å². The number of aromatic nitrogens is 2. The summed E-state index contributed by atoms with van der Waals surface area (Å²) in [5.41, 5.74) is 3.11. The van der Waals surface area contributed by atoms with Gasteiger partial charge in [-0.25, -0.2) is 18.6 Å². The lowest BCUT2D eigenvalue weighted by Crippen LogP contribution is -2.68. The van der Waals surface area contributed by atoms with Gasteiger partial charge in [0.2, 0.25) is 0 Å². The minimum atomic E-state index is -4.94. The monoisotopic (exact) mass is 359 g/mol. The van der Waals surface area contributed by atoms with E-state index >= 15 is 0 Å². The highest BCUT2D eigenvalue weighted by molar-refractivity contribution is 7.22. The maximum atomic E-state index is 10.8. The molecule has 11 heteroatoms. The molecule has 0 bridgehead atoms. The largest absolute Gasteiger partial charge is 0.388 e. The summed E-state index contributed by atoms with van der Waals surface area (Å²) in [7, 11) is -4.94. The van der Waals surface area contributed by atoms with Gasteiger partial charge in [-0.3, -0.25) is 10.1 Å². The number of hydrogen-bond donors (Lipinski definition) is 0. The molecule has 0 fully saturated rings. The van der Waals surface area contributed by atoms with Gasteiger partial charge in [0.05, 0.1) is 9.62 Å². The van der Waals surface area contributed by atoms with E-state index in [1.165, 1.54) is 17.4 Å². The van der Waals surface area contributed by atoms with Crippen LogP contribution in [-0.2, 0) is 0 Å². The zero-order valence-corrected chi connectivity index (χ0v) is 13.5. The molecule has 0 saturated carbocycles. The van der Waals surface area contributed by atoms with Crippen LogP contribution in [0, 0.1) is 34.2 Å². The summed E-state index contributed by atoms with van der Waals surface area (Å²) < 4.78 is 36.9. The first kappa shape index (κ1) is 17.4. The van der Waals surface area contributed by atoms with Crippen molar-refractivity contribution in [1.82, 2.24) is 4.98 Å². The van der Waals surface area contributed by atoms with Crippen LogP contribution in [0.1, 0.15) is 11.4 Å². The second kappa shape index (κ2) is 6.28. The lowest BCUT2D eigenvalue weighted by Gasteiger charge is -2.17. The highest BCUT2D eigenvalue weighted by atomic mass is 35.7. The number of nitro groups is 1. The summed E-state index contributed by atoms with van der Waals surface area (Å²) in [6.07, 6.45) is 0. The molecule has 23 heavy (non-hydrogen) atoms. The molecule has 0 aliphatic carbocycles. The van der Waals surface area contributed by atoms with Crippen LogP contribution < -0.4 is 23.0 Å². The van der Waals surface area contributed by atoms with Crippen molar-refractivity contribution in [1.29, 1.82) is 0 Å². The molecular weight excluding hydrogens is 350 g/mol. The third kappa shape index (κ3) is 4.28. The summed E-state index contributed by atoms with van der Waals surface area (Å²) >= 11 is 1.47. The van der Waals surface area contributed by atoms with E-state index in [0.29, 0.717) is 0 Å². The summed E-state index contributed by atoms with van der Waals surface area (Å²) in [6, 6.07) is 6.91. The summed E-state index contributed by atoms with van der Waals surface area (Å²) in [5.74, 6) is 0. The topological polar surface area (TPSA) is 152 Å². The zero-order valence-electron chi connectivity index (χ0n) is 11.9. The van der Waals surface area contributed by atoms with Crippen LogP contribution in [0.15, 0.2) is 24.3 Å². The Labute approximate surface area is 135 Å². The maximum absolute atomic E-state index is 10.8. The van der Waals surface area contributed by atoms with Gasteiger partial charge >= 0.3 is 4.96 Å². The number of halogens is 1. The molecule has 0 atom stereocenters. The molecule has 2 aromatic heterocycles. The first-order valence-corrected chi connectivity index (χ1v) is 8.10. The SMILES string of the molecule is Cc1cc(C)[n+]2c(n1)sc1cc([N+](=O)[O-])ccc12.[O-][Cl+3]([O-])([O-])[O-]. The third-order valence-electron chi connectivity index (χ3n) is 2.83. The van der Waals surface area contributed by atoms with Crippen molar-refractivity contribution in [3.8, 4) is 0 Å². The number of benzene rings is 1. The van der Waals surface area contributed by atoms with Crippen molar-refractivity contribution < 1.29 is 38.2 Å². The number of thiazole rings is 1. The standard InChI is InChI=1S/C12H10N3O2S.ClHO4/c1-7-5-8(2)14-10-4-3-9(15(16)17)6-11(10)18-12(14)13-7;2-1(3,4)5/h3-6H,1-2H3;(H,2,3,4,5)/q+1;/p-1. The van der Waals surface area contributed by atoms with E-state index in [-0.39, 0.29) is 10.6 Å². The van der Waals surface area contributed by atoms with Gasteiger partial charge in [0.1, 0.15) is 5.69 Å². The molecular formula is C12H10ClN3O6S. The van der Waals surface area contributed by atoms with Crippen LogP contribution in [0.5, 0.6) is 0 Å². The van der Waals surface area contributed by atoms with Crippen LogP contribution in [-0.4, -0.2) is 9.91 Å². The van der Waals surface area contributed by atoms with Gasteiger partial charge in [-0.05, 0) is 29.3 Å². The quantitative estimate of drug-likeness (QED) is 0.271. The maximum Gasteiger partial charge on any atom is 0.388 e. The van der Waals surface area contributed by atoms with Crippen molar-refractivity contribution in [2.24, 2.45) is 0 Å². The molecule has 0 aliphatic rings. The second-order valence-electron chi connectivity index (χ2n) is 4.55. The van der Waals surface area contributed by atoms with Crippen molar-refractivity contribution in [3.05, 3.63) is 45.8 Å². The average Bonchev–Trinajstić information content (AvgIpc) is 2.73. The summed E-state index contributed by atoms with van der Waals surface area (Å²) in [6.45, 7) is 3.95. The first-order valence-electron chi connectivity index (χ1n) is 6.05. The number of nitrogens with zero attached hydrogens (tertiary/aromatic N) is 3. The van der Waals surface area contributed by atoms with E-state index in [1.54, 1.807) is 12.1 Å². The summed E-state index contributed by atoms with van der Waals surface area (Å²) in [4.78, 5) is 15.7. The molecule has 0 radical (unpaired) electrons. The van der Waals surface area contributed by atoms with Gasteiger partial charge in [0.15, 0.2) is 11.2 Å². The fourth-order valence-corrected chi connectivity index (χ4v) is 3.26. The average molecular weight is 360 g/mol. The molecule has 0 amide bonds. The van der Waals surface area contributed by atoms with Crippen molar-refractivity contribution in [2.75, 3.05) is 0 Å². The van der Waals surface area contributed by atoms with E-state index in [0.717, 1.165) is 26.6 Å². The van der Waals surface area contributed by atoms with Gasteiger partial charge in [-0.1, -0.05) is 0 Å². The predicted octanol–water partition coefficient (Wildman–Crippen LogP) is -2.20. The molecule has 3 rings (SSSR count). The van der Waals surface area contributed by atoms with Crippen LogP contribution in [0.25, 0.3) is 15.2 Å². The Kier molecular flexibility index (Phi) is 4.75. The van der Waals surface area contributed by atoms with Crippen molar-refractivity contribution in [2.45, 2.75) is 13.8 Å². The van der Waals surface area contributed by atoms with Crippen LogP contribution >= 0.6 is 11.3 Å². The zero-order chi connectivity index (χ0) is 17.4. The minimum absolute atomic E-state index is 0.115. The molecule has 3 aromatic rings. The van der Waals surface area contributed by atoms with Crippen LogP contribution in [0.4, 0.5) is 5.69 Å². The molecule has 2 heterocycles. The van der Waals surface area contributed by atoms with Gasteiger partial charge in [-0.15, -0.1) is 10.2 Å². The van der Waals surface area contributed by atoms with Gasteiger partial charge in [-0.2, -0.15) is 4.40 Å². The number of hydrogen-bond acceptors (Lipinski definition) is 8. The molecule has 122 valence electrons. The molecule has 0 N–H and O–H groups in total. The Bertz CT molecular complexity index is 886. The fraction of sp³-hybridized carbons (Fsp3) is 0.167. The van der Waals surface area contributed by atoms with E-state index in [2.05, 4.69) is 4.98 Å². The Morgan fingerprint density at radius 2 is 1.78 bits per heavy atom. The Hall–Kier alpha value is -1.95. The molecule has 0 unspecified atom stereocenters. The lowest BCUT2D eigenvalue weighted by molar-refractivity contribution is -2.00. The number of rotatable bonds is 1. The minimum Gasteiger partial charge on any atom is -0.258 e. The van der Waals surface area contributed by atoms with E-state index in [4.69, 9.17) is 18.6 Å². The van der Waals surface area contributed by atoms with Crippen LogP contribution in [0.2, 0.25) is 0 Å². The first-order chi connectivity index (χ1) is 10.6. The molecule has 0 spiro atoms. The van der Waals surface area contributed by atoms with Crippen molar-refractivity contribution >= 4 is 32.2 Å². The number of fused-ring (bicyclic) bond motifs is 3. The molecule has 0 saturated heterocycles. The molecule has 1 aromatic carbocycles. The fourth-order valence-electron chi connectivity index (χ4n) is 2.09. The third-order valence-corrected chi connectivity index (χ3v) is 3.83. The highest BCUT2D eigenvalue weighted by Gasteiger charge is 2.19. The second-order valence-corrected chi connectivity index (χ2v) is 6.31. The number of aryl methyl sites for hydroxylation is 2. The number of nitro benzene ring substituents is 1. The Morgan fingerprint density at radius 1 is 1.17 bits per heavy atom. The Balaban J connectivity index is 0.000000338. The summed E-state index contributed by atoms with van der Waals surface area (Å²) in [5, 5.41) is 10.8. The Morgan fingerprint density at radius 3 is 2.35 bits per heavy atom. The van der Waals surface area contributed by atoms with E-state index in [1.807, 2.05) is 24.3 Å². The molecule has 0 aliphatic heterocycles. The van der Waals surface area contributed by atoms with Crippen LogP contribution in [0.3, 0.4) is 0 Å².